The van der Waals surface area contributed by atoms with Gasteiger partial charge in [-0.15, -0.1) is 0 Å². The topological polar surface area (TPSA) is 81.5 Å². The van der Waals surface area contributed by atoms with E-state index in [2.05, 4.69) is 35.3 Å². The fourth-order valence-corrected chi connectivity index (χ4v) is 1.40. The Morgan fingerprint density at radius 1 is 1.31 bits per heavy atom. The summed E-state index contributed by atoms with van der Waals surface area (Å²) in [6.45, 7) is 2.93. The maximum atomic E-state index is 7.94. The maximum Gasteiger partial charge on any atom is 0.160 e. The van der Waals surface area contributed by atoms with Gasteiger partial charge in [-0.1, -0.05) is 39.0 Å². The lowest BCUT2D eigenvalue weighted by Crippen LogP contribution is -2.18. The Labute approximate surface area is 104 Å². The molecule has 0 radical (unpaired) electrons. The predicted octanol–water partition coefficient (Wildman–Crippen LogP) is 1.40. The van der Waals surface area contributed by atoms with Crippen molar-refractivity contribution in [1.29, 1.82) is 0 Å². The van der Waals surface area contributed by atoms with Gasteiger partial charge in [0, 0.05) is 7.11 Å². The number of hydrogen-bond donors (Lipinski definition) is 3. The fourth-order valence-electron chi connectivity index (χ4n) is 1.40. The average Bonchev–Trinajstić information content (AvgIpc) is 2.20. The highest BCUT2D eigenvalue weighted by Crippen LogP contribution is 2.21. The van der Waals surface area contributed by atoms with Crippen molar-refractivity contribution in [2.24, 2.45) is 17.4 Å². The Bertz CT molecular complexity index is 145. The van der Waals surface area contributed by atoms with Crippen LogP contribution < -0.4 is 11.5 Å². The molecule has 98 valence electrons. The second-order valence-corrected chi connectivity index (χ2v) is 4.33. The molecule has 0 aromatic carbocycles. The summed E-state index contributed by atoms with van der Waals surface area (Å²) in [5.74, 6) is 1.04. The molecular weight excluding hydrogens is 224 g/mol. The van der Waals surface area contributed by atoms with Gasteiger partial charge in [-0.05, 0) is 18.1 Å². The van der Waals surface area contributed by atoms with E-state index < -0.39 is 0 Å². The van der Waals surface area contributed by atoms with Crippen LogP contribution in [0.4, 0.5) is 0 Å². The Morgan fingerprint density at radius 2 is 1.75 bits per heavy atom. The molecule has 0 bridgehead atoms. The lowest BCUT2D eigenvalue weighted by Gasteiger charge is -2.15. The molecule has 0 aromatic heterocycles. The predicted molar refractivity (Wildman–Crippen MR) is 72.2 cm³/mol. The van der Waals surface area contributed by atoms with Gasteiger partial charge in [0.15, 0.2) is 5.11 Å². The van der Waals surface area contributed by atoms with Crippen LogP contribution in [0.25, 0.3) is 0 Å². The first-order valence-corrected chi connectivity index (χ1v) is 6.10. The highest BCUT2D eigenvalue weighted by molar-refractivity contribution is 7.80. The zero-order valence-corrected chi connectivity index (χ0v) is 11.3. The fraction of sp³-hybridized carbons (Fsp3) is 0.909. The normalized spacial score (nSPS) is 15.2. The summed E-state index contributed by atoms with van der Waals surface area (Å²) in [5, 5.41) is 7.94. The third-order valence-corrected chi connectivity index (χ3v) is 2.19. The van der Waals surface area contributed by atoms with Gasteiger partial charge < -0.3 is 21.3 Å². The van der Waals surface area contributed by atoms with Crippen LogP contribution in [0.1, 0.15) is 39.0 Å². The first-order valence-electron chi connectivity index (χ1n) is 5.69. The smallest absolute Gasteiger partial charge is 0.160 e. The van der Waals surface area contributed by atoms with E-state index in [-0.39, 0.29) is 11.7 Å². The van der Waals surface area contributed by atoms with Gasteiger partial charge in [-0.3, -0.25) is 0 Å². The van der Waals surface area contributed by atoms with Gasteiger partial charge in [0.2, 0.25) is 0 Å². The molecule has 0 aliphatic heterocycles. The standard InChI is InChI=1S/C7H14.C3H8O2.CH4N2S/c1-7-5-3-2-4-6-7;1-5-3-2-4;2-1(3)4/h7H,2-6H2,1H3;4H,2-3H2,1H3;(H4,2,3,4). The lowest BCUT2D eigenvalue weighted by atomic mass is 9.91. The minimum atomic E-state index is 0.000000000000000222. The van der Waals surface area contributed by atoms with Crippen LogP contribution in [0.15, 0.2) is 0 Å². The first-order chi connectivity index (χ1) is 7.54. The maximum absolute atomic E-state index is 7.94. The zero-order chi connectivity index (χ0) is 12.8. The minimum absolute atomic E-state index is 0.000000000000000222. The number of aliphatic hydroxyl groups is 1. The van der Waals surface area contributed by atoms with Crippen molar-refractivity contribution in [3.05, 3.63) is 0 Å². The van der Waals surface area contributed by atoms with Crippen LogP contribution in [0.3, 0.4) is 0 Å². The number of nitrogens with two attached hydrogens (primary N) is 2. The van der Waals surface area contributed by atoms with E-state index in [1.54, 1.807) is 7.11 Å². The Morgan fingerprint density at radius 3 is 1.88 bits per heavy atom. The SMILES string of the molecule is CC1CCCCC1.COCCO.NC(N)=S. The van der Waals surface area contributed by atoms with Crippen LogP contribution in [0.5, 0.6) is 0 Å². The van der Waals surface area contributed by atoms with Crippen LogP contribution in [-0.2, 0) is 4.74 Å². The van der Waals surface area contributed by atoms with Crippen molar-refractivity contribution >= 4 is 17.3 Å². The van der Waals surface area contributed by atoms with E-state index in [1.807, 2.05) is 0 Å². The highest BCUT2D eigenvalue weighted by atomic mass is 32.1. The summed E-state index contributed by atoms with van der Waals surface area (Å²) in [6.07, 6.45) is 7.44. The Hall–Kier alpha value is -0.390. The molecule has 16 heavy (non-hydrogen) atoms. The highest BCUT2D eigenvalue weighted by Gasteiger charge is 2.05. The van der Waals surface area contributed by atoms with Gasteiger partial charge in [0.05, 0.1) is 13.2 Å². The molecule has 1 aliphatic rings. The molecule has 0 saturated heterocycles. The third kappa shape index (κ3) is 23.4. The lowest BCUT2D eigenvalue weighted by molar-refractivity contribution is 0.135. The van der Waals surface area contributed by atoms with Crippen molar-refractivity contribution in [3.63, 3.8) is 0 Å². The molecule has 0 unspecified atom stereocenters. The summed E-state index contributed by atoms with van der Waals surface area (Å²) in [7, 11) is 1.55. The summed E-state index contributed by atoms with van der Waals surface area (Å²) in [4.78, 5) is 0. The zero-order valence-electron chi connectivity index (χ0n) is 10.4. The Kier molecular flexibility index (Phi) is 16.4. The van der Waals surface area contributed by atoms with E-state index >= 15 is 0 Å². The van der Waals surface area contributed by atoms with E-state index in [4.69, 9.17) is 5.11 Å². The van der Waals surface area contributed by atoms with Gasteiger partial charge in [-0.2, -0.15) is 0 Å². The molecule has 1 aliphatic carbocycles. The van der Waals surface area contributed by atoms with Crippen molar-refractivity contribution in [3.8, 4) is 0 Å². The van der Waals surface area contributed by atoms with Crippen molar-refractivity contribution in [2.75, 3.05) is 20.3 Å². The second-order valence-electron chi connectivity index (χ2n) is 3.86. The van der Waals surface area contributed by atoms with Gasteiger partial charge in [0.1, 0.15) is 0 Å². The molecule has 1 fully saturated rings. The monoisotopic (exact) mass is 250 g/mol. The number of ether oxygens (including phenoxy) is 1. The summed E-state index contributed by atoms with van der Waals surface area (Å²) < 4.78 is 4.44. The van der Waals surface area contributed by atoms with Crippen molar-refractivity contribution in [2.45, 2.75) is 39.0 Å². The number of aliphatic hydroxyl groups excluding tert-OH is 1. The molecule has 0 spiro atoms. The largest absolute Gasteiger partial charge is 0.394 e. The first kappa shape index (κ1) is 18.0. The summed E-state index contributed by atoms with van der Waals surface area (Å²) in [6, 6.07) is 0. The van der Waals surface area contributed by atoms with E-state index in [0.717, 1.165) is 5.92 Å². The van der Waals surface area contributed by atoms with Gasteiger partial charge in [0.25, 0.3) is 0 Å². The van der Waals surface area contributed by atoms with Crippen LogP contribution in [0.2, 0.25) is 0 Å². The molecule has 0 heterocycles. The molecule has 0 amide bonds. The van der Waals surface area contributed by atoms with E-state index in [0.29, 0.717) is 6.61 Å². The van der Waals surface area contributed by atoms with E-state index in [1.165, 1.54) is 32.1 Å². The molecule has 5 heteroatoms. The Balaban J connectivity index is 0. The summed E-state index contributed by atoms with van der Waals surface area (Å²) >= 11 is 4.09. The molecule has 4 nitrogen and oxygen atoms in total. The molecule has 1 saturated carbocycles. The van der Waals surface area contributed by atoms with Gasteiger partial charge >= 0.3 is 0 Å². The number of rotatable bonds is 2. The summed E-state index contributed by atoms with van der Waals surface area (Å²) in [5.41, 5.74) is 9.24. The number of hydrogen-bond acceptors (Lipinski definition) is 3. The molecule has 1 rings (SSSR count). The van der Waals surface area contributed by atoms with E-state index in [9.17, 15) is 0 Å². The van der Waals surface area contributed by atoms with Crippen LogP contribution in [-0.4, -0.2) is 30.5 Å². The second kappa shape index (κ2) is 14.6. The van der Waals surface area contributed by atoms with Crippen molar-refractivity contribution in [1.82, 2.24) is 0 Å². The number of methoxy groups -OCH3 is 1. The van der Waals surface area contributed by atoms with Crippen molar-refractivity contribution < 1.29 is 9.84 Å². The van der Waals surface area contributed by atoms with Crippen LogP contribution >= 0.6 is 12.2 Å². The number of thiocarbonyl (C=S) groups is 1. The molecular formula is C11H26N2O2S. The minimum Gasteiger partial charge on any atom is -0.394 e. The third-order valence-electron chi connectivity index (χ3n) is 2.19. The molecule has 0 aromatic rings. The molecule has 5 N–H and O–H groups in total. The van der Waals surface area contributed by atoms with Crippen LogP contribution in [0, 0.1) is 5.92 Å². The van der Waals surface area contributed by atoms with Gasteiger partial charge in [-0.25, -0.2) is 0 Å². The average molecular weight is 250 g/mol. The molecule has 0 atom stereocenters. The quantitative estimate of drug-likeness (QED) is 0.645.